The molecule has 0 saturated carbocycles. The van der Waals surface area contributed by atoms with Gasteiger partial charge in [0, 0.05) is 36.7 Å². The monoisotopic (exact) mass is 479 g/mol. The molecule has 0 amide bonds. The summed E-state index contributed by atoms with van der Waals surface area (Å²) in [5, 5.41) is 9.86. The second kappa shape index (κ2) is 11.4. The summed E-state index contributed by atoms with van der Waals surface area (Å²) >= 11 is 0. The zero-order valence-corrected chi connectivity index (χ0v) is 20.1. The zero-order chi connectivity index (χ0) is 24.8. The highest BCUT2D eigenvalue weighted by molar-refractivity contribution is 5.94. The summed E-state index contributed by atoms with van der Waals surface area (Å²) in [5.41, 5.74) is 4.68. The summed E-state index contributed by atoms with van der Waals surface area (Å²) in [7, 11) is 0. The molecule has 0 radical (unpaired) electrons. The van der Waals surface area contributed by atoms with E-state index in [1.54, 1.807) is 18.2 Å². The molecule has 6 heteroatoms. The number of aryl methyl sites for hydroxylation is 1. The van der Waals surface area contributed by atoms with Gasteiger partial charge in [-0.2, -0.15) is 0 Å². The molecule has 1 saturated heterocycles. The predicted octanol–water partition coefficient (Wildman–Crippen LogP) is 6.13. The Balaban J connectivity index is 0.000000172. The van der Waals surface area contributed by atoms with Gasteiger partial charge in [-0.3, -0.25) is 9.29 Å². The quantitative estimate of drug-likeness (QED) is 0.462. The van der Waals surface area contributed by atoms with Gasteiger partial charge in [-0.15, -0.1) is 0 Å². The number of likely N-dealkylation sites (tertiary alicyclic amines) is 1. The number of nitrogens with zero attached hydrogens (tertiary/aromatic N) is 1. The van der Waals surface area contributed by atoms with E-state index in [0.717, 1.165) is 59.0 Å². The maximum absolute atomic E-state index is 13.0. The summed E-state index contributed by atoms with van der Waals surface area (Å²) in [4.78, 5) is 2.22. The van der Waals surface area contributed by atoms with Gasteiger partial charge in [0.1, 0.15) is 36.3 Å². The Morgan fingerprint density at radius 1 is 1.03 bits per heavy atom. The highest BCUT2D eigenvalue weighted by atomic mass is 19.1. The van der Waals surface area contributed by atoms with Gasteiger partial charge in [0.2, 0.25) is 0 Å². The molecule has 5 rings (SSSR count). The number of phenolic OH excluding ortho intramolecular Hbond substituents is 1. The first-order valence-electron chi connectivity index (χ1n) is 11.8. The fourth-order valence-electron chi connectivity index (χ4n) is 4.22. The first-order chi connectivity index (χ1) is 16.9. The SMILES string of the molecule is CC1=C(c2ccc(F)cc2)COc2cc(C)c(O)cc21.FCC1CN(CCOc2ccccc2)C1. The van der Waals surface area contributed by atoms with Crippen molar-refractivity contribution in [3.63, 3.8) is 0 Å². The van der Waals surface area contributed by atoms with Crippen molar-refractivity contribution in [2.45, 2.75) is 13.8 Å². The summed E-state index contributed by atoms with van der Waals surface area (Å²) < 4.78 is 36.5. The molecule has 0 bridgehead atoms. The number of phenols is 1. The molecular formula is C29H31F2NO3. The maximum atomic E-state index is 13.0. The molecule has 35 heavy (non-hydrogen) atoms. The van der Waals surface area contributed by atoms with E-state index in [-0.39, 0.29) is 24.2 Å². The largest absolute Gasteiger partial charge is 0.508 e. The lowest BCUT2D eigenvalue weighted by Crippen LogP contribution is -2.49. The average molecular weight is 480 g/mol. The molecule has 0 unspecified atom stereocenters. The van der Waals surface area contributed by atoms with E-state index in [0.29, 0.717) is 13.2 Å². The number of rotatable bonds is 6. The minimum Gasteiger partial charge on any atom is -0.508 e. The molecule has 0 aliphatic carbocycles. The number of benzene rings is 3. The zero-order valence-electron chi connectivity index (χ0n) is 20.1. The van der Waals surface area contributed by atoms with E-state index in [1.807, 2.05) is 50.2 Å². The van der Waals surface area contributed by atoms with E-state index >= 15 is 0 Å². The van der Waals surface area contributed by atoms with Gasteiger partial charge >= 0.3 is 0 Å². The van der Waals surface area contributed by atoms with Crippen LogP contribution in [0.15, 0.2) is 66.7 Å². The van der Waals surface area contributed by atoms with Gasteiger partial charge in [-0.1, -0.05) is 30.3 Å². The fourth-order valence-corrected chi connectivity index (χ4v) is 4.22. The minimum atomic E-state index is -0.252. The summed E-state index contributed by atoms with van der Waals surface area (Å²) in [6.07, 6.45) is 0. The Morgan fingerprint density at radius 3 is 2.43 bits per heavy atom. The van der Waals surface area contributed by atoms with Gasteiger partial charge in [0.25, 0.3) is 0 Å². The second-order valence-electron chi connectivity index (χ2n) is 8.98. The molecular weight excluding hydrogens is 448 g/mol. The average Bonchev–Trinajstić information content (AvgIpc) is 2.84. The molecule has 2 heterocycles. The third kappa shape index (κ3) is 6.20. The van der Waals surface area contributed by atoms with Crippen molar-refractivity contribution in [3.05, 3.63) is 89.2 Å². The van der Waals surface area contributed by atoms with Crippen molar-refractivity contribution in [1.29, 1.82) is 0 Å². The molecule has 2 aliphatic heterocycles. The summed E-state index contributed by atoms with van der Waals surface area (Å²) in [6, 6.07) is 19.7. The number of halogens is 2. The molecule has 0 atom stereocenters. The topological polar surface area (TPSA) is 41.9 Å². The Morgan fingerprint density at radius 2 is 1.74 bits per heavy atom. The van der Waals surface area contributed by atoms with E-state index in [2.05, 4.69) is 4.90 Å². The van der Waals surface area contributed by atoms with Crippen molar-refractivity contribution in [2.75, 3.05) is 39.5 Å². The van der Waals surface area contributed by atoms with E-state index in [4.69, 9.17) is 9.47 Å². The van der Waals surface area contributed by atoms with Crippen LogP contribution in [0.5, 0.6) is 17.2 Å². The lowest BCUT2D eigenvalue weighted by Gasteiger charge is -2.37. The van der Waals surface area contributed by atoms with Gasteiger partial charge in [-0.05, 0) is 66.9 Å². The lowest BCUT2D eigenvalue weighted by molar-refractivity contribution is 0.0668. The number of ether oxygens (including phenoxy) is 2. The highest BCUT2D eigenvalue weighted by Crippen LogP contribution is 2.39. The molecule has 3 aromatic carbocycles. The van der Waals surface area contributed by atoms with Crippen LogP contribution in [0.1, 0.15) is 23.6 Å². The van der Waals surface area contributed by atoms with Crippen LogP contribution in [0.4, 0.5) is 8.78 Å². The van der Waals surface area contributed by atoms with E-state index in [1.165, 1.54) is 12.1 Å². The molecule has 2 aliphatic rings. The fraction of sp³-hybridized carbons (Fsp3) is 0.310. The summed E-state index contributed by atoms with van der Waals surface area (Å²) in [5.74, 6) is 1.95. The van der Waals surface area contributed by atoms with Crippen molar-refractivity contribution < 1.29 is 23.4 Å². The van der Waals surface area contributed by atoms with Gasteiger partial charge < -0.3 is 14.6 Å². The van der Waals surface area contributed by atoms with Crippen LogP contribution >= 0.6 is 0 Å². The van der Waals surface area contributed by atoms with Gasteiger partial charge in [-0.25, -0.2) is 4.39 Å². The number of allylic oxidation sites excluding steroid dienone is 1. The second-order valence-corrected chi connectivity index (χ2v) is 8.98. The van der Waals surface area contributed by atoms with Crippen LogP contribution in [0, 0.1) is 18.7 Å². The smallest absolute Gasteiger partial charge is 0.127 e. The van der Waals surface area contributed by atoms with Crippen LogP contribution in [0.2, 0.25) is 0 Å². The van der Waals surface area contributed by atoms with Crippen LogP contribution in [0.25, 0.3) is 11.1 Å². The maximum Gasteiger partial charge on any atom is 0.127 e. The minimum absolute atomic E-state index is 0.184. The van der Waals surface area contributed by atoms with Crippen molar-refractivity contribution in [3.8, 4) is 17.2 Å². The number of fused-ring (bicyclic) bond motifs is 1. The first-order valence-corrected chi connectivity index (χ1v) is 11.8. The van der Waals surface area contributed by atoms with Crippen molar-refractivity contribution in [1.82, 2.24) is 4.90 Å². The number of hydrogen-bond donors (Lipinski definition) is 1. The number of aromatic hydroxyl groups is 1. The number of para-hydroxylation sites is 1. The van der Waals surface area contributed by atoms with Crippen molar-refractivity contribution >= 4 is 11.1 Å². The Kier molecular flexibility index (Phi) is 8.03. The molecule has 184 valence electrons. The number of alkyl halides is 1. The molecule has 1 fully saturated rings. The van der Waals surface area contributed by atoms with Crippen LogP contribution < -0.4 is 9.47 Å². The van der Waals surface area contributed by atoms with Crippen molar-refractivity contribution in [2.24, 2.45) is 5.92 Å². The van der Waals surface area contributed by atoms with Crippen LogP contribution in [0.3, 0.4) is 0 Å². The molecule has 1 N–H and O–H groups in total. The Labute approximate surface area is 205 Å². The van der Waals surface area contributed by atoms with Crippen LogP contribution in [-0.4, -0.2) is 49.5 Å². The molecule has 4 nitrogen and oxygen atoms in total. The highest BCUT2D eigenvalue weighted by Gasteiger charge is 2.25. The summed E-state index contributed by atoms with van der Waals surface area (Å²) in [6.45, 7) is 7.45. The molecule has 3 aromatic rings. The molecule has 0 aromatic heterocycles. The Hall–Kier alpha value is -3.38. The lowest BCUT2D eigenvalue weighted by atomic mass is 9.93. The molecule has 0 spiro atoms. The van der Waals surface area contributed by atoms with Gasteiger partial charge in [0.15, 0.2) is 0 Å². The normalized spacial score (nSPS) is 15.4. The van der Waals surface area contributed by atoms with E-state index in [9.17, 15) is 13.9 Å². The van der Waals surface area contributed by atoms with Crippen LogP contribution in [-0.2, 0) is 0 Å². The predicted molar refractivity (Wildman–Crippen MR) is 135 cm³/mol. The number of hydrogen-bond acceptors (Lipinski definition) is 4. The van der Waals surface area contributed by atoms with E-state index < -0.39 is 0 Å². The standard InChI is InChI=1S/C17H15FO2.C12H16FNO/c1-10-7-17-14(8-16(10)19)11(2)15(9-20-17)12-3-5-13(18)6-4-12;13-8-11-9-14(10-11)6-7-15-12-4-2-1-3-5-12/h3-8,19H,9H2,1-2H3;1-5,11H,6-10H2. The Bertz CT molecular complexity index is 1160. The third-order valence-corrected chi connectivity index (χ3v) is 6.39. The first kappa shape index (κ1) is 24.7. The third-order valence-electron chi connectivity index (χ3n) is 6.39. The van der Waals surface area contributed by atoms with Gasteiger partial charge in [0.05, 0.1) is 6.67 Å².